The highest BCUT2D eigenvalue weighted by Gasteiger charge is 2.44. The number of aliphatic hydroxyl groups is 4. The number of ether oxygens (including phenoxy) is 2. The molecule has 0 aromatic carbocycles. The van der Waals surface area contributed by atoms with Crippen LogP contribution in [0, 0.1) is 0 Å². The predicted octanol–water partition coefficient (Wildman–Crippen LogP) is -3.02. The van der Waals surface area contributed by atoms with Crippen LogP contribution in [0.2, 0.25) is 0 Å². The lowest BCUT2D eigenvalue weighted by Gasteiger charge is -2.39. The maximum absolute atomic E-state index is 9.62. The SMILES string of the molecule is OC[C@H]1OC(Oc2cn[nH]n2)[C@H](O)[C@@H](O)[C@@H]1O. The molecule has 9 heteroatoms. The predicted molar refractivity (Wildman–Crippen MR) is 50.8 cm³/mol. The number of hydrogen-bond donors (Lipinski definition) is 5. The van der Waals surface area contributed by atoms with Gasteiger partial charge in [0.25, 0.3) is 5.88 Å². The number of aromatic amines is 1. The molecule has 0 amide bonds. The third kappa shape index (κ3) is 2.37. The Bertz CT molecular complexity index is 345. The summed E-state index contributed by atoms with van der Waals surface area (Å²) in [6.07, 6.45) is -5.34. The average molecular weight is 247 g/mol. The van der Waals surface area contributed by atoms with Crippen molar-refractivity contribution in [3.63, 3.8) is 0 Å². The molecule has 5 N–H and O–H groups in total. The fourth-order valence-corrected chi connectivity index (χ4v) is 1.53. The van der Waals surface area contributed by atoms with Crippen molar-refractivity contribution in [2.45, 2.75) is 30.7 Å². The molecule has 5 atom stereocenters. The molecular formula is C8H13N3O6. The summed E-state index contributed by atoms with van der Waals surface area (Å²) < 4.78 is 10.2. The van der Waals surface area contributed by atoms with Gasteiger partial charge in [-0.25, -0.2) is 0 Å². The van der Waals surface area contributed by atoms with Gasteiger partial charge in [0.05, 0.1) is 6.61 Å². The summed E-state index contributed by atoms with van der Waals surface area (Å²) in [4.78, 5) is 0. The van der Waals surface area contributed by atoms with E-state index >= 15 is 0 Å². The quantitative estimate of drug-likeness (QED) is 0.380. The van der Waals surface area contributed by atoms with Gasteiger partial charge in [-0.2, -0.15) is 10.3 Å². The van der Waals surface area contributed by atoms with Crippen LogP contribution in [-0.4, -0.2) is 73.1 Å². The van der Waals surface area contributed by atoms with Gasteiger partial charge < -0.3 is 29.9 Å². The second kappa shape index (κ2) is 4.94. The fraction of sp³-hybridized carbons (Fsp3) is 0.750. The van der Waals surface area contributed by atoms with Crippen molar-refractivity contribution in [2.24, 2.45) is 0 Å². The Morgan fingerprint density at radius 2 is 2.06 bits per heavy atom. The van der Waals surface area contributed by atoms with Gasteiger partial charge in [0.15, 0.2) is 0 Å². The third-order valence-electron chi connectivity index (χ3n) is 2.48. The van der Waals surface area contributed by atoms with Crippen LogP contribution in [0.15, 0.2) is 6.20 Å². The van der Waals surface area contributed by atoms with Crippen LogP contribution in [0.5, 0.6) is 5.88 Å². The van der Waals surface area contributed by atoms with E-state index in [4.69, 9.17) is 14.6 Å². The maximum atomic E-state index is 9.62. The monoisotopic (exact) mass is 247 g/mol. The maximum Gasteiger partial charge on any atom is 0.255 e. The van der Waals surface area contributed by atoms with Crippen molar-refractivity contribution in [2.75, 3.05) is 6.61 Å². The summed E-state index contributed by atoms with van der Waals surface area (Å²) in [6, 6.07) is 0. The molecule has 96 valence electrons. The Balaban J connectivity index is 2.06. The molecule has 0 bridgehead atoms. The van der Waals surface area contributed by atoms with Crippen molar-refractivity contribution in [1.29, 1.82) is 0 Å². The first-order valence-corrected chi connectivity index (χ1v) is 4.96. The summed E-state index contributed by atoms with van der Waals surface area (Å²) in [6.45, 7) is -0.510. The molecule has 1 aromatic heterocycles. The van der Waals surface area contributed by atoms with E-state index in [0.29, 0.717) is 0 Å². The number of aliphatic hydroxyl groups excluding tert-OH is 4. The second-order valence-electron chi connectivity index (χ2n) is 3.62. The number of rotatable bonds is 3. The van der Waals surface area contributed by atoms with Crippen molar-refractivity contribution in [3.05, 3.63) is 6.20 Å². The number of aromatic nitrogens is 3. The van der Waals surface area contributed by atoms with Crippen molar-refractivity contribution < 1.29 is 29.9 Å². The molecule has 1 aliphatic heterocycles. The lowest BCUT2D eigenvalue weighted by Crippen LogP contribution is -2.60. The number of nitrogens with one attached hydrogen (secondary N) is 1. The van der Waals surface area contributed by atoms with Crippen molar-refractivity contribution >= 4 is 0 Å². The molecule has 1 unspecified atom stereocenters. The van der Waals surface area contributed by atoms with Crippen LogP contribution in [-0.2, 0) is 4.74 Å². The lowest BCUT2D eigenvalue weighted by atomic mass is 9.99. The zero-order valence-corrected chi connectivity index (χ0v) is 8.67. The Labute approximate surface area is 95.6 Å². The molecule has 2 heterocycles. The largest absolute Gasteiger partial charge is 0.443 e. The van der Waals surface area contributed by atoms with E-state index in [9.17, 15) is 15.3 Å². The first-order valence-electron chi connectivity index (χ1n) is 4.96. The highest BCUT2D eigenvalue weighted by atomic mass is 16.7. The minimum absolute atomic E-state index is 0.0642. The van der Waals surface area contributed by atoms with Gasteiger partial charge in [0, 0.05) is 0 Å². The van der Waals surface area contributed by atoms with Crippen LogP contribution in [0.3, 0.4) is 0 Å². The number of nitrogens with zero attached hydrogens (tertiary/aromatic N) is 2. The van der Waals surface area contributed by atoms with Gasteiger partial charge in [-0.05, 0) is 0 Å². The van der Waals surface area contributed by atoms with Gasteiger partial charge in [0.1, 0.15) is 30.6 Å². The molecule has 9 nitrogen and oxygen atoms in total. The molecule has 1 aliphatic rings. The summed E-state index contributed by atoms with van der Waals surface area (Å²) >= 11 is 0. The molecule has 1 aromatic rings. The molecule has 17 heavy (non-hydrogen) atoms. The van der Waals surface area contributed by atoms with Crippen LogP contribution in [0.4, 0.5) is 0 Å². The normalized spacial score (nSPS) is 38.0. The zero-order chi connectivity index (χ0) is 12.4. The Morgan fingerprint density at radius 3 is 2.65 bits per heavy atom. The minimum atomic E-state index is -1.47. The van der Waals surface area contributed by atoms with E-state index in [0.717, 1.165) is 0 Å². The van der Waals surface area contributed by atoms with E-state index in [-0.39, 0.29) is 5.88 Å². The summed E-state index contributed by atoms with van der Waals surface area (Å²) in [5.74, 6) is 0.0642. The highest BCUT2D eigenvalue weighted by Crippen LogP contribution is 2.22. The Kier molecular flexibility index (Phi) is 3.54. The molecule has 1 saturated heterocycles. The Hall–Kier alpha value is -1.26. The molecule has 0 saturated carbocycles. The smallest absolute Gasteiger partial charge is 0.255 e. The molecule has 0 radical (unpaired) electrons. The van der Waals surface area contributed by atoms with E-state index in [1.165, 1.54) is 6.20 Å². The number of H-pyrrole nitrogens is 1. The molecular weight excluding hydrogens is 234 g/mol. The van der Waals surface area contributed by atoms with Crippen LogP contribution < -0.4 is 4.74 Å². The molecule has 1 fully saturated rings. The number of hydrogen-bond acceptors (Lipinski definition) is 8. The standard InChI is InChI=1S/C8H13N3O6/c12-2-3-5(13)6(14)7(15)8(16-3)17-4-1-9-11-10-4/h1,3,5-8,12-15H,2H2,(H,9,10,11)/t3-,5-,6+,7-,8?/m1/s1. The lowest BCUT2D eigenvalue weighted by molar-refractivity contribution is -0.278. The fourth-order valence-electron chi connectivity index (χ4n) is 1.53. The van der Waals surface area contributed by atoms with E-state index in [1.807, 2.05) is 0 Å². The van der Waals surface area contributed by atoms with Gasteiger partial charge in [0.2, 0.25) is 6.29 Å². The van der Waals surface area contributed by atoms with E-state index in [2.05, 4.69) is 15.4 Å². The van der Waals surface area contributed by atoms with Crippen LogP contribution in [0.1, 0.15) is 0 Å². The van der Waals surface area contributed by atoms with Crippen molar-refractivity contribution in [1.82, 2.24) is 15.4 Å². The van der Waals surface area contributed by atoms with Crippen LogP contribution in [0.25, 0.3) is 0 Å². The van der Waals surface area contributed by atoms with E-state index < -0.39 is 37.3 Å². The summed E-state index contributed by atoms with van der Waals surface area (Å²) in [7, 11) is 0. The first-order chi connectivity index (χ1) is 8.13. The second-order valence-corrected chi connectivity index (χ2v) is 3.62. The van der Waals surface area contributed by atoms with Gasteiger partial charge in [-0.15, -0.1) is 5.10 Å². The minimum Gasteiger partial charge on any atom is -0.443 e. The van der Waals surface area contributed by atoms with Gasteiger partial charge in [-0.3, -0.25) is 0 Å². The summed E-state index contributed by atoms with van der Waals surface area (Å²) in [5, 5.41) is 46.9. The van der Waals surface area contributed by atoms with Gasteiger partial charge in [-0.1, -0.05) is 0 Å². The topological polar surface area (TPSA) is 141 Å². The van der Waals surface area contributed by atoms with E-state index in [1.54, 1.807) is 0 Å². The first kappa shape index (κ1) is 12.2. The third-order valence-corrected chi connectivity index (χ3v) is 2.48. The average Bonchev–Trinajstić information content (AvgIpc) is 2.83. The zero-order valence-electron chi connectivity index (χ0n) is 8.67. The van der Waals surface area contributed by atoms with Crippen LogP contribution >= 0.6 is 0 Å². The Morgan fingerprint density at radius 1 is 1.29 bits per heavy atom. The molecule has 0 aliphatic carbocycles. The van der Waals surface area contributed by atoms with Gasteiger partial charge >= 0.3 is 0 Å². The van der Waals surface area contributed by atoms with Crippen molar-refractivity contribution in [3.8, 4) is 5.88 Å². The summed E-state index contributed by atoms with van der Waals surface area (Å²) in [5.41, 5.74) is 0. The highest BCUT2D eigenvalue weighted by molar-refractivity contribution is 5.00. The molecule has 2 rings (SSSR count). The molecule has 0 spiro atoms.